The van der Waals surface area contributed by atoms with Gasteiger partial charge in [0.1, 0.15) is 6.04 Å². The Morgan fingerprint density at radius 2 is 2.22 bits per heavy atom. The van der Waals surface area contributed by atoms with E-state index in [-0.39, 0.29) is 25.0 Å². The lowest BCUT2D eigenvalue weighted by Crippen LogP contribution is -2.57. The normalized spacial score (nSPS) is 19.9. The molecule has 2 rings (SSSR count). The number of hydrogen-bond donors (Lipinski definition) is 2. The van der Waals surface area contributed by atoms with Crippen LogP contribution in [0.25, 0.3) is 0 Å². The number of anilines is 1. The Morgan fingerprint density at radius 3 is 2.83 bits per heavy atom. The van der Waals surface area contributed by atoms with Crippen LogP contribution in [0.3, 0.4) is 0 Å². The number of piperazine rings is 1. The second kappa shape index (κ2) is 4.96. The van der Waals surface area contributed by atoms with Gasteiger partial charge in [-0.05, 0) is 24.6 Å². The van der Waals surface area contributed by atoms with Crippen LogP contribution < -0.4 is 10.2 Å². The number of carbonyl (C=O) groups is 2. The molecule has 0 aromatic heterocycles. The fourth-order valence-electron chi connectivity index (χ4n) is 1.87. The van der Waals surface area contributed by atoms with Gasteiger partial charge in [0, 0.05) is 10.7 Å². The Balaban J connectivity index is 2.32. The lowest BCUT2D eigenvalue weighted by molar-refractivity contribution is -0.132. The van der Waals surface area contributed by atoms with Gasteiger partial charge in [-0.1, -0.05) is 17.7 Å². The fourth-order valence-corrected chi connectivity index (χ4v) is 2.11. The quantitative estimate of drug-likeness (QED) is 0.774. The minimum absolute atomic E-state index is 0.113. The molecule has 1 fully saturated rings. The zero-order valence-electron chi connectivity index (χ0n) is 9.81. The molecule has 1 atom stereocenters. The number of amides is 2. The monoisotopic (exact) mass is 268 g/mol. The van der Waals surface area contributed by atoms with Crippen molar-refractivity contribution >= 4 is 29.1 Å². The minimum atomic E-state index is -0.432. The summed E-state index contributed by atoms with van der Waals surface area (Å²) in [4.78, 5) is 24.6. The van der Waals surface area contributed by atoms with Crippen LogP contribution in [0.2, 0.25) is 5.02 Å². The summed E-state index contributed by atoms with van der Waals surface area (Å²) in [5.74, 6) is -0.658. The molecule has 1 aromatic rings. The van der Waals surface area contributed by atoms with Crippen LogP contribution >= 0.6 is 11.6 Å². The summed E-state index contributed by atoms with van der Waals surface area (Å²) in [6.45, 7) is 1.69. The highest BCUT2D eigenvalue weighted by Gasteiger charge is 2.30. The van der Waals surface area contributed by atoms with Gasteiger partial charge < -0.3 is 10.0 Å². The maximum Gasteiger partial charge on any atom is 0.249 e. The molecule has 1 saturated heterocycles. The van der Waals surface area contributed by atoms with Gasteiger partial charge in [0.2, 0.25) is 11.8 Å². The first-order valence-electron chi connectivity index (χ1n) is 5.52. The molecule has 18 heavy (non-hydrogen) atoms. The molecule has 0 saturated carbocycles. The Morgan fingerprint density at radius 1 is 1.50 bits per heavy atom. The van der Waals surface area contributed by atoms with Gasteiger partial charge in [0.25, 0.3) is 0 Å². The van der Waals surface area contributed by atoms with E-state index >= 15 is 0 Å². The predicted octanol–water partition coefficient (Wildman–Crippen LogP) is 0.684. The molecule has 0 radical (unpaired) electrons. The number of nitrogens with one attached hydrogen (secondary N) is 1. The highest BCUT2D eigenvalue weighted by molar-refractivity contribution is 6.31. The molecule has 1 unspecified atom stereocenters. The van der Waals surface area contributed by atoms with Gasteiger partial charge in [-0.25, -0.2) is 0 Å². The van der Waals surface area contributed by atoms with E-state index in [1.807, 2.05) is 0 Å². The standard InChI is InChI=1S/C12H13ClN2O3/c1-7-12(18)14-11(17)5-15(7)9-3-2-8(6-16)10(13)4-9/h2-4,7,16H,5-6H2,1H3,(H,14,17,18). The van der Waals surface area contributed by atoms with E-state index in [0.29, 0.717) is 16.3 Å². The molecule has 6 heteroatoms. The van der Waals surface area contributed by atoms with E-state index in [9.17, 15) is 9.59 Å². The number of nitrogens with zero attached hydrogens (tertiary/aromatic N) is 1. The van der Waals surface area contributed by atoms with Gasteiger partial charge in [0.05, 0.1) is 13.2 Å². The fraction of sp³-hybridized carbons (Fsp3) is 0.333. The van der Waals surface area contributed by atoms with Crippen molar-refractivity contribution in [3.63, 3.8) is 0 Å². The molecule has 2 amide bonds. The molecule has 5 nitrogen and oxygen atoms in total. The molecular formula is C12H13ClN2O3. The number of hydrogen-bond acceptors (Lipinski definition) is 4. The topological polar surface area (TPSA) is 69.6 Å². The summed E-state index contributed by atoms with van der Waals surface area (Å²) in [7, 11) is 0. The highest BCUT2D eigenvalue weighted by Crippen LogP contribution is 2.26. The Labute approximate surface area is 109 Å². The molecule has 1 aliphatic heterocycles. The third-order valence-corrected chi connectivity index (χ3v) is 3.31. The number of halogens is 1. The largest absolute Gasteiger partial charge is 0.392 e. The molecule has 0 bridgehead atoms. The van der Waals surface area contributed by atoms with Crippen molar-refractivity contribution in [2.75, 3.05) is 11.4 Å². The maximum atomic E-state index is 11.5. The van der Waals surface area contributed by atoms with Crippen molar-refractivity contribution < 1.29 is 14.7 Å². The molecule has 96 valence electrons. The van der Waals surface area contributed by atoms with Crippen LogP contribution in [-0.4, -0.2) is 29.5 Å². The van der Waals surface area contributed by atoms with Gasteiger partial charge >= 0.3 is 0 Å². The maximum absolute atomic E-state index is 11.5. The van der Waals surface area contributed by atoms with Gasteiger partial charge in [-0.2, -0.15) is 0 Å². The first kappa shape index (κ1) is 12.9. The van der Waals surface area contributed by atoms with E-state index in [0.717, 1.165) is 0 Å². The van der Waals surface area contributed by atoms with Gasteiger partial charge in [0.15, 0.2) is 0 Å². The van der Waals surface area contributed by atoms with Gasteiger partial charge in [-0.3, -0.25) is 14.9 Å². The summed E-state index contributed by atoms with van der Waals surface area (Å²) in [6, 6.07) is 4.63. The summed E-state index contributed by atoms with van der Waals surface area (Å²) in [6.07, 6.45) is 0. The zero-order chi connectivity index (χ0) is 13.3. The van der Waals surface area contributed by atoms with Crippen molar-refractivity contribution in [1.82, 2.24) is 5.32 Å². The minimum Gasteiger partial charge on any atom is -0.392 e. The number of benzene rings is 1. The third-order valence-electron chi connectivity index (χ3n) is 2.96. The van der Waals surface area contributed by atoms with Crippen molar-refractivity contribution in [2.24, 2.45) is 0 Å². The molecule has 1 aromatic carbocycles. The molecule has 2 N–H and O–H groups in total. The van der Waals surface area contributed by atoms with Crippen molar-refractivity contribution in [3.8, 4) is 0 Å². The Bertz CT molecular complexity index is 504. The number of imide groups is 1. The lowest BCUT2D eigenvalue weighted by Gasteiger charge is -2.33. The SMILES string of the molecule is CC1C(=O)NC(=O)CN1c1ccc(CO)c(Cl)c1. The van der Waals surface area contributed by atoms with E-state index < -0.39 is 6.04 Å². The molecular weight excluding hydrogens is 256 g/mol. The van der Waals surface area contributed by atoms with Crippen LogP contribution in [0.4, 0.5) is 5.69 Å². The second-order valence-electron chi connectivity index (χ2n) is 4.15. The molecule has 1 aliphatic rings. The van der Waals surface area contributed by atoms with Crippen LogP contribution in [0.15, 0.2) is 18.2 Å². The summed E-state index contributed by atoms with van der Waals surface area (Å²) in [5.41, 5.74) is 1.30. The van der Waals surface area contributed by atoms with Crippen LogP contribution in [0.5, 0.6) is 0 Å². The van der Waals surface area contributed by atoms with E-state index in [2.05, 4.69) is 5.32 Å². The molecule has 0 spiro atoms. The number of rotatable bonds is 2. The average Bonchev–Trinajstić information content (AvgIpc) is 2.33. The lowest BCUT2D eigenvalue weighted by atomic mass is 10.1. The van der Waals surface area contributed by atoms with E-state index in [1.54, 1.807) is 30.0 Å². The number of aliphatic hydroxyl groups is 1. The third kappa shape index (κ3) is 2.32. The second-order valence-corrected chi connectivity index (χ2v) is 4.56. The van der Waals surface area contributed by atoms with Crippen LogP contribution in [0.1, 0.15) is 12.5 Å². The van der Waals surface area contributed by atoms with Crippen molar-refractivity contribution in [1.29, 1.82) is 0 Å². The first-order chi connectivity index (χ1) is 8.52. The van der Waals surface area contributed by atoms with Crippen LogP contribution in [0, 0.1) is 0 Å². The zero-order valence-corrected chi connectivity index (χ0v) is 10.6. The van der Waals surface area contributed by atoms with Crippen molar-refractivity contribution in [2.45, 2.75) is 19.6 Å². The van der Waals surface area contributed by atoms with Gasteiger partial charge in [-0.15, -0.1) is 0 Å². The summed E-state index contributed by atoms with van der Waals surface area (Å²) in [5, 5.41) is 11.7. The predicted molar refractivity (Wildman–Crippen MR) is 67.3 cm³/mol. The smallest absolute Gasteiger partial charge is 0.249 e. The average molecular weight is 269 g/mol. The Hall–Kier alpha value is -1.59. The number of aliphatic hydroxyl groups excluding tert-OH is 1. The highest BCUT2D eigenvalue weighted by atomic mass is 35.5. The molecule has 1 heterocycles. The first-order valence-corrected chi connectivity index (χ1v) is 5.90. The van der Waals surface area contributed by atoms with Crippen LogP contribution in [-0.2, 0) is 16.2 Å². The summed E-state index contributed by atoms with van der Waals surface area (Å²) < 4.78 is 0. The van der Waals surface area contributed by atoms with E-state index in [4.69, 9.17) is 16.7 Å². The Kier molecular flexibility index (Phi) is 3.54. The van der Waals surface area contributed by atoms with Crippen molar-refractivity contribution in [3.05, 3.63) is 28.8 Å². The molecule has 0 aliphatic carbocycles. The number of carbonyl (C=O) groups excluding carboxylic acids is 2. The van der Waals surface area contributed by atoms with E-state index in [1.165, 1.54) is 0 Å². The summed E-state index contributed by atoms with van der Waals surface area (Å²) >= 11 is 6.00.